The van der Waals surface area contributed by atoms with Crippen molar-refractivity contribution in [3.63, 3.8) is 0 Å². The zero-order valence-corrected chi connectivity index (χ0v) is 6.14. The van der Waals surface area contributed by atoms with Crippen LogP contribution in [0.15, 0.2) is 23.7 Å². The minimum Gasteiger partial charge on any atom is -0.289 e. The van der Waals surface area contributed by atoms with Gasteiger partial charge in [0.2, 0.25) is 0 Å². The minimum atomic E-state index is 0.145. The average Bonchev–Trinajstić information content (AvgIpc) is 2.34. The van der Waals surface area contributed by atoms with E-state index in [0.29, 0.717) is 0 Å². The molecule has 2 heteroatoms. The van der Waals surface area contributed by atoms with Crippen LogP contribution in [-0.2, 0) is 0 Å². The first-order chi connectivity index (χ1) is 4.88. The number of hydrogen-bond donors (Lipinski definition) is 0. The van der Waals surface area contributed by atoms with E-state index < -0.39 is 0 Å². The molecule has 0 aliphatic heterocycles. The zero-order valence-electron chi connectivity index (χ0n) is 5.24. The molecule has 1 heterocycles. The van der Waals surface area contributed by atoms with Crippen LogP contribution in [0.1, 0.15) is 15.9 Å². The molecule has 0 unspecified atom stereocenters. The van der Waals surface area contributed by atoms with Crippen LogP contribution >= 0.6 is 8.19 Å². The van der Waals surface area contributed by atoms with Crippen molar-refractivity contribution >= 4 is 20.1 Å². The van der Waals surface area contributed by atoms with Crippen LogP contribution in [0.3, 0.4) is 0 Å². The summed E-state index contributed by atoms with van der Waals surface area (Å²) in [6.07, 6.45) is 3.48. The Bertz CT molecular complexity index is 315. The summed E-state index contributed by atoms with van der Waals surface area (Å²) in [4.78, 5) is 11.0. The number of rotatable bonds is 0. The van der Waals surface area contributed by atoms with Crippen molar-refractivity contribution in [3.05, 3.63) is 34.9 Å². The molecule has 0 saturated heterocycles. The van der Waals surface area contributed by atoms with Crippen molar-refractivity contribution in [2.24, 2.45) is 0 Å². The molecule has 0 fully saturated rings. The lowest BCUT2D eigenvalue weighted by Crippen LogP contribution is -1.87. The Balaban J connectivity index is 2.70. The summed E-state index contributed by atoms with van der Waals surface area (Å²) in [6, 6.07) is 1.98. The van der Waals surface area contributed by atoms with Crippen molar-refractivity contribution in [3.8, 4) is 0 Å². The quantitative estimate of drug-likeness (QED) is 0.552. The maximum absolute atomic E-state index is 11.0. The van der Waals surface area contributed by atoms with Gasteiger partial charge in [-0.25, -0.2) is 0 Å². The van der Waals surface area contributed by atoms with Gasteiger partial charge >= 0.3 is 0 Å². The highest BCUT2D eigenvalue weighted by atomic mass is 31.0. The maximum Gasteiger partial charge on any atom is 0.186 e. The van der Waals surface area contributed by atoms with Crippen LogP contribution in [0.5, 0.6) is 0 Å². The molecular weight excluding hydrogens is 143 g/mol. The topological polar surface area (TPSA) is 17.1 Å². The van der Waals surface area contributed by atoms with Gasteiger partial charge in [0.25, 0.3) is 0 Å². The molecule has 0 N–H and O–H groups in total. The lowest BCUT2D eigenvalue weighted by molar-refractivity contribution is 0.105. The molecular formula is C8H5OP. The summed E-state index contributed by atoms with van der Waals surface area (Å²) in [6.45, 7) is 0. The van der Waals surface area contributed by atoms with Crippen LogP contribution in [0.25, 0.3) is 6.08 Å². The fourth-order valence-electron chi connectivity index (χ4n) is 1.01. The molecule has 0 radical (unpaired) electrons. The first-order valence-corrected chi connectivity index (χ1v) is 4.07. The highest BCUT2D eigenvalue weighted by Crippen LogP contribution is 2.22. The Labute approximate surface area is 60.5 Å². The summed E-state index contributed by atoms with van der Waals surface area (Å²) in [5.74, 6) is 4.12. The second-order valence-corrected chi connectivity index (χ2v) is 3.01. The van der Waals surface area contributed by atoms with E-state index in [2.05, 4.69) is 0 Å². The van der Waals surface area contributed by atoms with Crippen LogP contribution in [0.4, 0.5) is 0 Å². The van der Waals surface area contributed by atoms with Gasteiger partial charge in [-0.1, -0.05) is 14.3 Å². The van der Waals surface area contributed by atoms with E-state index in [0.717, 1.165) is 19.3 Å². The minimum absolute atomic E-state index is 0.145. The van der Waals surface area contributed by atoms with Crippen LogP contribution in [0.2, 0.25) is 0 Å². The van der Waals surface area contributed by atoms with E-state index in [1.165, 1.54) is 0 Å². The second kappa shape index (κ2) is 2.03. The van der Waals surface area contributed by atoms with Crippen molar-refractivity contribution < 1.29 is 4.79 Å². The standard InChI is InChI=1S/C8H5OP/c9-8-2-1-6-3-4-10-5-7(6)8/h1-5H. The summed E-state index contributed by atoms with van der Waals surface area (Å²) in [7, 11) is 1.11. The van der Waals surface area contributed by atoms with Crippen molar-refractivity contribution in [2.45, 2.75) is 0 Å². The second-order valence-electron chi connectivity index (χ2n) is 2.16. The van der Waals surface area contributed by atoms with Gasteiger partial charge in [0.1, 0.15) is 0 Å². The van der Waals surface area contributed by atoms with Crippen molar-refractivity contribution in [2.75, 3.05) is 0 Å². The molecule has 0 spiro atoms. The van der Waals surface area contributed by atoms with Gasteiger partial charge in [-0.15, -0.1) is 0 Å². The number of hydrogen-bond acceptors (Lipinski definition) is 1. The fraction of sp³-hybridized carbons (Fsp3) is 0. The lowest BCUT2D eigenvalue weighted by atomic mass is 10.2. The smallest absolute Gasteiger partial charge is 0.186 e. The van der Waals surface area contributed by atoms with Crippen LogP contribution in [0, 0.1) is 0 Å². The summed E-state index contributed by atoms with van der Waals surface area (Å²) in [5.41, 5.74) is 1.92. The molecule has 1 aromatic rings. The van der Waals surface area contributed by atoms with Gasteiger partial charge in [0.05, 0.1) is 0 Å². The number of carbonyl (C=O) groups is 1. The molecule has 1 aromatic heterocycles. The average molecular weight is 148 g/mol. The van der Waals surface area contributed by atoms with Gasteiger partial charge in [0.15, 0.2) is 5.78 Å². The van der Waals surface area contributed by atoms with E-state index in [4.69, 9.17) is 0 Å². The third kappa shape index (κ3) is 0.714. The van der Waals surface area contributed by atoms with Crippen molar-refractivity contribution in [1.82, 2.24) is 0 Å². The van der Waals surface area contributed by atoms with E-state index >= 15 is 0 Å². The van der Waals surface area contributed by atoms with E-state index in [1.54, 1.807) is 6.08 Å². The molecule has 0 saturated carbocycles. The molecule has 1 nitrogen and oxygen atoms in total. The van der Waals surface area contributed by atoms with Gasteiger partial charge in [-0.2, -0.15) is 0 Å². The highest BCUT2D eigenvalue weighted by molar-refractivity contribution is 7.28. The maximum atomic E-state index is 11.0. The largest absolute Gasteiger partial charge is 0.289 e. The Morgan fingerprint density at radius 3 is 3.00 bits per heavy atom. The highest BCUT2D eigenvalue weighted by Gasteiger charge is 2.10. The molecule has 1 aliphatic rings. The Kier molecular flexibility index (Phi) is 1.18. The normalized spacial score (nSPS) is 14.6. The number of carbonyl (C=O) groups excluding carboxylic acids is 1. The van der Waals surface area contributed by atoms with E-state index in [1.807, 2.05) is 23.7 Å². The zero-order chi connectivity index (χ0) is 6.97. The predicted octanol–water partition coefficient (Wildman–Crippen LogP) is 2.48. The summed E-state index contributed by atoms with van der Waals surface area (Å²) in [5, 5.41) is 0. The molecule has 2 rings (SSSR count). The van der Waals surface area contributed by atoms with Crippen LogP contribution < -0.4 is 0 Å². The summed E-state index contributed by atoms with van der Waals surface area (Å²) >= 11 is 0. The molecule has 0 aromatic carbocycles. The van der Waals surface area contributed by atoms with E-state index in [-0.39, 0.29) is 5.78 Å². The predicted molar refractivity (Wildman–Crippen MR) is 42.3 cm³/mol. The molecule has 0 atom stereocenters. The first-order valence-electron chi connectivity index (χ1n) is 3.04. The summed E-state index contributed by atoms with van der Waals surface area (Å²) < 4.78 is 0. The van der Waals surface area contributed by atoms with Crippen LogP contribution in [-0.4, -0.2) is 5.78 Å². The molecule has 0 bridgehead atoms. The Morgan fingerprint density at radius 1 is 1.30 bits per heavy atom. The SMILES string of the molecule is O=C1C=Cc2ccpcc21. The van der Waals surface area contributed by atoms with Gasteiger partial charge in [0, 0.05) is 5.56 Å². The molecule has 0 amide bonds. The number of fused-ring (bicyclic) bond motifs is 1. The Hall–Kier alpha value is -0.940. The Morgan fingerprint density at radius 2 is 2.20 bits per heavy atom. The van der Waals surface area contributed by atoms with Crippen molar-refractivity contribution in [1.29, 1.82) is 0 Å². The van der Waals surface area contributed by atoms with Gasteiger partial charge in [-0.05, 0) is 29.3 Å². The third-order valence-corrected chi connectivity index (χ3v) is 2.26. The first kappa shape index (κ1) is 5.82. The fourth-order valence-corrected chi connectivity index (χ4v) is 1.77. The van der Waals surface area contributed by atoms with E-state index in [9.17, 15) is 4.79 Å². The molecule has 48 valence electrons. The third-order valence-electron chi connectivity index (χ3n) is 1.53. The molecule has 10 heavy (non-hydrogen) atoms. The number of ketones is 1. The monoisotopic (exact) mass is 148 g/mol. The van der Waals surface area contributed by atoms with Gasteiger partial charge in [-0.3, -0.25) is 4.79 Å². The van der Waals surface area contributed by atoms with Gasteiger partial charge < -0.3 is 0 Å². The molecule has 1 aliphatic carbocycles. The number of allylic oxidation sites excluding steroid dienone is 1. The lowest BCUT2D eigenvalue weighted by Gasteiger charge is -1.91.